The fraction of sp³-hybridized carbons (Fsp3) is 0.167. The van der Waals surface area contributed by atoms with Crippen LogP contribution in [0.1, 0.15) is 1.43 Å². The minimum absolute atomic E-state index is 0. The van der Waals surface area contributed by atoms with Gasteiger partial charge in [0.05, 0.1) is 5.75 Å². The number of carboxylic acid groups (broad SMARTS) is 1. The summed E-state index contributed by atoms with van der Waals surface area (Å²) < 4.78 is 0. The molecule has 0 radical (unpaired) electrons. The molecule has 0 bridgehead atoms. The molecule has 0 atom stereocenters. The molecule has 4 nitrogen and oxygen atoms in total. The summed E-state index contributed by atoms with van der Waals surface area (Å²) in [6.45, 7) is 0. The predicted molar refractivity (Wildman–Crippen MR) is 49.6 cm³/mol. The van der Waals surface area contributed by atoms with Crippen LogP contribution in [-0.2, 0) is 4.79 Å². The third-order valence-corrected chi connectivity index (χ3v) is 1.15. The van der Waals surface area contributed by atoms with Gasteiger partial charge in [0.2, 0.25) is 0 Å². The van der Waals surface area contributed by atoms with Crippen LogP contribution >= 0.6 is 24.2 Å². The summed E-state index contributed by atoms with van der Waals surface area (Å²) in [4.78, 5) is 9.29. The Morgan fingerprint density at radius 2 is 2.31 bits per heavy atom. The van der Waals surface area contributed by atoms with Gasteiger partial charge in [-0.25, -0.2) is 0 Å². The van der Waals surface area contributed by atoms with Gasteiger partial charge in [0, 0.05) is 6.20 Å². The number of thiol groups is 1. The van der Waals surface area contributed by atoms with Crippen molar-refractivity contribution in [3.63, 3.8) is 0 Å². The van der Waals surface area contributed by atoms with Crippen molar-refractivity contribution in [2.75, 3.05) is 5.75 Å². The molecule has 0 aliphatic rings. The van der Waals surface area contributed by atoms with Crippen molar-refractivity contribution in [1.82, 2.24) is 10.2 Å². The van der Waals surface area contributed by atoms with Gasteiger partial charge in [-0.15, -0.1) is 5.10 Å². The third-order valence-electron chi connectivity index (χ3n) is 0.675. The Labute approximate surface area is 110 Å². The molecule has 68 valence electrons. The molecule has 7 heteroatoms. The Morgan fingerprint density at radius 3 is 2.46 bits per heavy atom. The molecule has 13 heavy (non-hydrogen) atoms. The quantitative estimate of drug-likeness (QED) is 0.444. The van der Waals surface area contributed by atoms with Gasteiger partial charge in [0.1, 0.15) is 0 Å². The molecule has 0 spiro atoms. The fourth-order valence-electron chi connectivity index (χ4n) is 0.283. The van der Waals surface area contributed by atoms with E-state index in [1.165, 1.54) is 0 Å². The van der Waals surface area contributed by atoms with Gasteiger partial charge in [0.15, 0.2) is 5.15 Å². The zero-order valence-corrected chi connectivity index (χ0v) is 10.7. The molecule has 1 heterocycles. The van der Waals surface area contributed by atoms with Gasteiger partial charge in [0.25, 0.3) is 0 Å². The molecule has 1 rings (SSSR count). The van der Waals surface area contributed by atoms with Crippen LogP contribution in [0.2, 0.25) is 5.15 Å². The van der Waals surface area contributed by atoms with Gasteiger partial charge >= 0.3 is 35.5 Å². The summed E-state index contributed by atoms with van der Waals surface area (Å²) >= 11 is 8.78. The maximum absolute atomic E-state index is 9.29. The maximum Gasteiger partial charge on any atom is 1.00 e. The summed E-state index contributed by atoms with van der Waals surface area (Å²) in [5.74, 6) is -0.965. The number of hydrogen-bond donors (Lipinski definition) is 2. The van der Waals surface area contributed by atoms with Gasteiger partial charge in [-0.1, -0.05) is 11.6 Å². The Bertz CT molecular complexity index is 243. The van der Waals surface area contributed by atoms with Crippen LogP contribution in [0, 0.1) is 0 Å². The number of carboxylic acids is 1. The first kappa shape index (κ1) is 15.7. The van der Waals surface area contributed by atoms with Gasteiger partial charge < -0.3 is 6.53 Å². The van der Waals surface area contributed by atoms with Crippen LogP contribution in [0.15, 0.2) is 18.3 Å². The molecule has 0 amide bonds. The van der Waals surface area contributed by atoms with Crippen molar-refractivity contribution in [3.05, 3.63) is 23.5 Å². The normalized spacial score (nSPS) is 7.54. The van der Waals surface area contributed by atoms with Crippen molar-refractivity contribution in [2.24, 2.45) is 0 Å². The van der Waals surface area contributed by atoms with E-state index in [1.807, 2.05) is 0 Å². The van der Waals surface area contributed by atoms with Crippen molar-refractivity contribution in [3.8, 4) is 0 Å². The maximum atomic E-state index is 9.29. The molecule has 0 aliphatic carbocycles. The standard InChI is InChI=1S/C4H3ClN2.C2H4O2S.Na.H/c5-4-2-1-3-6-7-4;3-2(4)1-5;;/h1-3H;5H,1H2,(H,3,4);;/q;;+1;-1. The average Bonchev–Trinajstić information content (AvgIpc) is 2.07. The summed E-state index contributed by atoms with van der Waals surface area (Å²) in [5, 5.41) is 15.1. The first-order chi connectivity index (χ1) is 5.66. The van der Waals surface area contributed by atoms with Crippen LogP contribution in [-0.4, -0.2) is 27.0 Å². The number of halogens is 1. The Balaban J connectivity index is -0.000000159. The second-order valence-corrected chi connectivity index (χ2v) is 2.30. The van der Waals surface area contributed by atoms with Crippen molar-refractivity contribution in [1.29, 1.82) is 0 Å². The SMILES string of the molecule is Clc1cccnn1.O=C(O)CS.[H-].[Na+]. The molecular formula is C6H8ClN2NaO2S. The first-order valence-electron chi connectivity index (χ1n) is 2.92. The van der Waals surface area contributed by atoms with E-state index in [0.29, 0.717) is 5.15 Å². The third kappa shape index (κ3) is 12.2. The zero-order chi connectivity index (χ0) is 9.40. The van der Waals surface area contributed by atoms with Crippen molar-refractivity contribution < 1.29 is 40.9 Å². The minimum Gasteiger partial charge on any atom is -1.00 e. The second-order valence-electron chi connectivity index (χ2n) is 1.60. The summed E-state index contributed by atoms with van der Waals surface area (Å²) in [6, 6.07) is 3.41. The molecular weight excluding hydrogens is 223 g/mol. The molecule has 1 aromatic rings. The Morgan fingerprint density at radius 1 is 1.77 bits per heavy atom. The average molecular weight is 231 g/mol. The number of hydrogen-bond acceptors (Lipinski definition) is 4. The number of nitrogens with zero attached hydrogens (tertiary/aromatic N) is 2. The molecule has 1 aromatic heterocycles. The van der Waals surface area contributed by atoms with Crippen LogP contribution in [0.4, 0.5) is 0 Å². The van der Waals surface area contributed by atoms with Gasteiger partial charge in [-0.2, -0.15) is 17.7 Å². The zero-order valence-electron chi connectivity index (χ0n) is 8.01. The van der Waals surface area contributed by atoms with Gasteiger partial charge in [-0.05, 0) is 12.1 Å². The van der Waals surface area contributed by atoms with Crippen LogP contribution in [0.25, 0.3) is 0 Å². The molecule has 0 aromatic carbocycles. The van der Waals surface area contributed by atoms with E-state index in [-0.39, 0.29) is 36.7 Å². The number of aromatic nitrogens is 2. The van der Waals surface area contributed by atoms with E-state index in [1.54, 1.807) is 18.3 Å². The summed E-state index contributed by atoms with van der Waals surface area (Å²) in [5.41, 5.74) is 0. The van der Waals surface area contributed by atoms with Crippen molar-refractivity contribution in [2.45, 2.75) is 0 Å². The number of carbonyl (C=O) groups is 1. The minimum atomic E-state index is -0.881. The van der Waals surface area contributed by atoms with Crippen LogP contribution in [0.5, 0.6) is 0 Å². The Hall–Kier alpha value is 0.190. The smallest absolute Gasteiger partial charge is 1.00 e. The summed E-state index contributed by atoms with van der Waals surface area (Å²) in [6.07, 6.45) is 1.58. The number of rotatable bonds is 1. The Kier molecular flexibility index (Phi) is 12.4. The van der Waals surface area contributed by atoms with E-state index in [4.69, 9.17) is 16.7 Å². The van der Waals surface area contributed by atoms with Crippen LogP contribution in [0.3, 0.4) is 0 Å². The molecule has 0 saturated carbocycles. The molecule has 0 fully saturated rings. The monoisotopic (exact) mass is 230 g/mol. The largest absolute Gasteiger partial charge is 1.00 e. The fourth-order valence-corrected chi connectivity index (χ4v) is 0.399. The first-order valence-corrected chi connectivity index (χ1v) is 3.93. The molecule has 0 aliphatic heterocycles. The van der Waals surface area contributed by atoms with E-state index in [9.17, 15) is 4.79 Å². The topological polar surface area (TPSA) is 63.1 Å². The van der Waals surface area contributed by atoms with E-state index in [0.717, 1.165) is 0 Å². The predicted octanol–water partition coefficient (Wildman–Crippen LogP) is -1.75. The molecule has 0 saturated heterocycles. The van der Waals surface area contributed by atoms with Gasteiger partial charge in [-0.3, -0.25) is 4.79 Å². The number of aliphatic carboxylic acids is 1. The second kappa shape index (κ2) is 10.3. The van der Waals surface area contributed by atoms with Crippen molar-refractivity contribution >= 4 is 30.2 Å². The molecule has 1 N–H and O–H groups in total. The van der Waals surface area contributed by atoms with E-state index >= 15 is 0 Å². The van der Waals surface area contributed by atoms with E-state index < -0.39 is 5.97 Å². The van der Waals surface area contributed by atoms with E-state index in [2.05, 4.69) is 22.8 Å². The van der Waals surface area contributed by atoms with Crippen LogP contribution < -0.4 is 29.6 Å². The molecule has 0 unspecified atom stereocenters. The summed E-state index contributed by atoms with van der Waals surface area (Å²) in [7, 11) is 0.